The van der Waals surface area contributed by atoms with E-state index in [9.17, 15) is 4.79 Å². The van der Waals surface area contributed by atoms with Crippen LogP contribution in [0.5, 0.6) is 0 Å². The van der Waals surface area contributed by atoms with Gasteiger partial charge in [0.15, 0.2) is 5.13 Å². The maximum absolute atomic E-state index is 10.5. The monoisotopic (exact) mass is 254 g/mol. The highest BCUT2D eigenvalue weighted by atomic mass is 32.1. The molecule has 0 bridgehead atoms. The SMILES string of the molecule is CC(C)(Nc1nc(CCC(=O)O)cs1)C1CC1. The fourth-order valence-electron chi connectivity index (χ4n) is 1.90. The minimum Gasteiger partial charge on any atom is -0.481 e. The summed E-state index contributed by atoms with van der Waals surface area (Å²) in [4.78, 5) is 14.9. The fourth-order valence-corrected chi connectivity index (χ4v) is 2.81. The molecular weight excluding hydrogens is 236 g/mol. The lowest BCUT2D eigenvalue weighted by atomic mass is 9.99. The van der Waals surface area contributed by atoms with E-state index >= 15 is 0 Å². The van der Waals surface area contributed by atoms with E-state index in [1.54, 1.807) is 11.3 Å². The van der Waals surface area contributed by atoms with E-state index in [2.05, 4.69) is 24.1 Å². The van der Waals surface area contributed by atoms with Crippen LogP contribution < -0.4 is 5.32 Å². The molecule has 1 aliphatic carbocycles. The van der Waals surface area contributed by atoms with Crippen molar-refractivity contribution in [2.75, 3.05) is 5.32 Å². The van der Waals surface area contributed by atoms with E-state index < -0.39 is 5.97 Å². The number of hydrogen-bond donors (Lipinski definition) is 2. The van der Waals surface area contributed by atoms with Crippen LogP contribution in [0, 0.1) is 5.92 Å². The molecule has 2 N–H and O–H groups in total. The number of carboxylic acid groups (broad SMARTS) is 1. The molecule has 5 heteroatoms. The van der Waals surface area contributed by atoms with E-state index in [0.29, 0.717) is 6.42 Å². The van der Waals surface area contributed by atoms with Crippen molar-refractivity contribution in [2.24, 2.45) is 5.92 Å². The summed E-state index contributed by atoms with van der Waals surface area (Å²) in [6.45, 7) is 4.39. The maximum atomic E-state index is 10.5. The van der Waals surface area contributed by atoms with Gasteiger partial charge >= 0.3 is 5.97 Å². The molecule has 0 atom stereocenters. The minimum absolute atomic E-state index is 0.0991. The van der Waals surface area contributed by atoms with Crippen LogP contribution in [0.25, 0.3) is 0 Å². The van der Waals surface area contributed by atoms with Crippen molar-refractivity contribution in [3.63, 3.8) is 0 Å². The Bertz CT molecular complexity index is 410. The summed E-state index contributed by atoms with van der Waals surface area (Å²) in [6.07, 6.45) is 3.24. The van der Waals surface area contributed by atoms with Crippen LogP contribution in [0.4, 0.5) is 5.13 Å². The number of rotatable bonds is 6. The van der Waals surface area contributed by atoms with Crippen molar-refractivity contribution < 1.29 is 9.90 Å². The first-order chi connectivity index (χ1) is 7.97. The van der Waals surface area contributed by atoms with Crippen molar-refractivity contribution in [1.82, 2.24) is 4.98 Å². The second kappa shape index (κ2) is 4.64. The van der Waals surface area contributed by atoms with Gasteiger partial charge in [0.1, 0.15) is 0 Å². The van der Waals surface area contributed by atoms with Crippen molar-refractivity contribution in [1.29, 1.82) is 0 Å². The molecule has 2 rings (SSSR count). The van der Waals surface area contributed by atoms with E-state index in [4.69, 9.17) is 5.11 Å². The molecule has 1 fully saturated rings. The lowest BCUT2D eigenvalue weighted by Crippen LogP contribution is -2.33. The first-order valence-corrected chi connectivity index (χ1v) is 6.80. The van der Waals surface area contributed by atoms with Gasteiger partial charge in [-0.3, -0.25) is 4.79 Å². The summed E-state index contributed by atoms with van der Waals surface area (Å²) in [5.74, 6) is -0.0281. The van der Waals surface area contributed by atoms with E-state index in [-0.39, 0.29) is 12.0 Å². The summed E-state index contributed by atoms with van der Waals surface area (Å²) in [7, 11) is 0. The predicted octanol–water partition coefficient (Wildman–Crippen LogP) is 2.76. The average Bonchev–Trinajstić information content (AvgIpc) is 2.99. The molecule has 0 amide bonds. The van der Waals surface area contributed by atoms with Gasteiger partial charge in [-0.25, -0.2) is 4.98 Å². The predicted molar refractivity (Wildman–Crippen MR) is 68.5 cm³/mol. The number of aromatic nitrogens is 1. The number of carboxylic acids is 1. The molecule has 0 unspecified atom stereocenters. The van der Waals surface area contributed by atoms with Gasteiger partial charge in [0, 0.05) is 17.3 Å². The third-order valence-corrected chi connectivity index (χ3v) is 3.98. The Balaban J connectivity index is 1.91. The zero-order chi connectivity index (χ0) is 12.5. The quantitative estimate of drug-likeness (QED) is 0.819. The minimum atomic E-state index is -0.772. The third-order valence-electron chi connectivity index (χ3n) is 3.17. The molecule has 4 nitrogen and oxygen atoms in total. The summed E-state index contributed by atoms with van der Waals surface area (Å²) >= 11 is 1.56. The maximum Gasteiger partial charge on any atom is 0.303 e. The number of aryl methyl sites for hydroxylation is 1. The normalized spacial score (nSPS) is 15.9. The zero-order valence-electron chi connectivity index (χ0n) is 10.2. The Labute approximate surface area is 105 Å². The third kappa shape index (κ3) is 3.43. The Hall–Kier alpha value is -1.10. The Morgan fingerprint density at radius 3 is 2.94 bits per heavy atom. The summed E-state index contributed by atoms with van der Waals surface area (Å²) in [5.41, 5.74) is 0.966. The molecule has 1 aromatic heterocycles. The fraction of sp³-hybridized carbons (Fsp3) is 0.667. The van der Waals surface area contributed by atoms with Gasteiger partial charge in [-0.05, 0) is 32.6 Å². The second-order valence-corrected chi connectivity index (χ2v) is 6.02. The van der Waals surface area contributed by atoms with Gasteiger partial charge in [0.2, 0.25) is 0 Å². The lowest BCUT2D eigenvalue weighted by molar-refractivity contribution is -0.136. The number of thiazole rings is 1. The van der Waals surface area contributed by atoms with Crippen LogP contribution >= 0.6 is 11.3 Å². The molecule has 17 heavy (non-hydrogen) atoms. The van der Waals surface area contributed by atoms with Gasteiger partial charge < -0.3 is 10.4 Å². The largest absolute Gasteiger partial charge is 0.481 e. The summed E-state index contributed by atoms with van der Waals surface area (Å²) in [6, 6.07) is 0. The first kappa shape index (κ1) is 12.4. The number of nitrogens with zero attached hydrogens (tertiary/aromatic N) is 1. The summed E-state index contributed by atoms with van der Waals surface area (Å²) < 4.78 is 0. The smallest absolute Gasteiger partial charge is 0.303 e. The van der Waals surface area contributed by atoms with Crippen LogP contribution in [0.2, 0.25) is 0 Å². The van der Waals surface area contributed by atoms with Crippen molar-refractivity contribution in [2.45, 2.75) is 45.1 Å². The Morgan fingerprint density at radius 1 is 1.65 bits per heavy atom. The molecule has 1 aromatic rings. The van der Waals surface area contributed by atoms with E-state index in [1.165, 1.54) is 12.8 Å². The number of nitrogens with one attached hydrogen (secondary N) is 1. The van der Waals surface area contributed by atoms with Gasteiger partial charge in [-0.2, -0.15) is 0 Å². The van der Waals surface area contributed by atoms with Crippen LogP contribution in [0.15, 0.2) is 5.38 Å². The number of hydrogen-bond acceptors (Lipinski definition) is 4. The average molecular weight is 254 g/mol. The lowest BCUT2D eigenvalue weighted by Gasteiger charge is -2.25. The highest BCUT2D eigenvalue weighted by Crippen LogP contribution is 2.41. The van der Waals surface area contributed by atoms with E-state index in [1.807, 2.05) is 5.38 Å². The molecule has 1 saturated carbocycles. The van der Waals surface area contributed by atoms with Crippen LogP contribution in [-0.2, 0) is 11.2 Å². The molecule has 0 radical (unpaired) electrons. The number of aliphatic carboxylic acids is 1. The Kier molecular flexibility index (Phi) is 3.38. The van der Waals surface area contributed by atoms with Crippen LogP contribution in [0.3, 0.4) is 0 Å². The molecule has 0 aliphatic heterocycles. The van der Waals surface area contributed by atoms with Crippen molar-refractivity contribution in [3.8, 4) is 0 Å². The number of carbonyl (C=O) groups is 1. The van der Waals surface area contributed by atoms with Gasteiger partial charge in [0.25, 0.3) is 0 Å². The molecule has 0 aromatic carbocycles. The highest BCUT2D eigenvalue weighted by molar-refractivity contribution is 7.13. The van der Waals surface area contributed by atoms with Crippen molar-refractivity contribution >= 4 is 22.4 Å². The highest BCUT2D eigenvalue weighted by Gasteiger charge is 2.38. The van der Waals surface area contributed by atoms with E-state index in [0.717, 1.165) is 16.7 Å². The van der Waals surface area contributed by atoms with Gasteiger partial charge in [-0.1, -0.05) is 0 Å². The molecule has 94 valence electrons. The second-order valence-electron chi connectivity index (χ2n) is 5.16. The van der Waals surface area contributed by atoms with Crippen LogP contribution in [-0.4, -0.2) is 21.6 Å². The Morgan fingerprint density at radius 2 is 2.35 bits per heavy atom. The molecule has 1 aliphatic rings. The molecule has 0 spiro atoms. The van der Waals surface area contributed by atoms with Crippen molar-refractivity contribution in [3.05, 3.63) is 11.1 Å². The molecular formula is C12H18N2O2S. The van der Waals surface area contributed by atoms with Crippen LogP contribution in [0.1, 0.15) is 38.8 Å². The van der Waals surface area contributed by atoms with Gasteiger partial charge in [0.05, 0.1) is 12.1 Å². The zero-order valence-corrected chi connectivity index (χ0v) is 11.0. The standard InChI is InChI=1S/C12H18N2O2S/c1-12(2,8-3-4-8)14-11-13-9(7-17-11)5-6-10(15)16/h7-8H,3-6H2,1-2H3,(H,13,14)(H,15,16). The molecule has 1 heterocycles. The number of anilines is 1. The first-order valence-electron chi connectivity index (χ1n) is 5.92. The van der Waals surface area contributed by atoms with Gasteiger partial charge in [-0.15, -0.1) is 11.3 Å². The summed E-state index contributed by atoms with van der Waals surface area (Å²) in [5, 5.41) is 14.9. The molecule has 0 saturated heterocycles. The topological polar surface area (TPSA) is 62.2 Å².